The van der Waals surface area contributed by atoms with Crippen LogP contribution >= 0.6 is 11.8 Å². The summed E-state index contributed by atoms with van der Waals surface area (Å²) in [5.41, 5.74) is -3.36. The molecule has 2 N–H and O–H groups in total. The van der Waals surface area contributed by atoms with Gasteiger partial charge >= 0.3 is 5.51 Å². The Morgan fingerprint density at radius 2 is 1.88 bits per heavy atom. The number of nitrogens with one attached hydrogen (secondary N) is 1. The molecule has 0 bridgehead atoms. The highest BCUT2D eigenvalue weighted by Gasteiger charge is 2.28. The topological polar surface area (TPSA) is 32.3 Å². The predicted octanol–water partition coefficient (Wildman–Crippen LogP) is 2.77. The maximum atomic E-state index is 12.1. The number of thioether (sulfide) groups is 1. The van der Waals surface area contributed by atoms with Crippen molar-refractivity contribution in [1.29, 1.82) is 0 Å². The molecule has 0 aromatic heterocycles. The highest BCUT2D eigenvalue weighted by molar-refractivity contribution is 8.00. The molecule has 1 atom stereocenters. The van der Waals surface area contributed by atoms with Gasteiger partial charge in [-0.1, -0.05) is 12.1 Å². The Balaban J connectivity index is 2.50. The van der Waals surface area contributed by atoms with Gasteiger partial charge in [0.1, 0.15) is 0 Å². The first-order chi connectivity index (χ1) is 7.90. The molecule has 0 aliphatic heterocycles. The van der Waals surface area contributed by atoms with Crippen LogP contribution < -0.4 is 5.32 Å². The van der Waals surface area contributed by atoms with Gasteiger partial charge in [0.25, 0.3) is 0 Å². The van der Waals surface area contributed by atoms with E-state index in [2.05, 4.69) is 5.32 Å². The highest BCUT2D eigenvalue weighted by atomic mass is 32.2. The zero-order valence-corrected chi connectivity index (χ0v) is 10.1. The van der Waals surface area contributed by atoms with Crippen LogP contribution in [0.2, 0.25) is 0 Å². The molecule has 1 aromatic carbocycles. The van der Waals surface area contributed by atoms with Crippen molar-refractivity contribution >= 4 is 11.8 Å². The third kappa shape index (κ3) is 5.95. The van der Waals surface area contributed by atoms with Gasteiger partial charge in [-0.05, 0) is 36.4 Å². The Bertz CT molecular complexity index is 340. The maximum Gasteiger partial charge on any atom is 0.446 e. The Morgan fingerprint density at radius 3 is 2.35 bits per heavy atom. The van der Waals surface area contributed by atoms with E-state index in [0.29, 0.717) is 6.54 Å². The number of alkyl halides is 3. The van der Waals surface area contributed by atoms with Crippen LogP contribution in [0.15, 0.2) is 29.2 Å². The van der Waals surface area contributed by atoms with E-state index in [9.17, 15) is 13.2 Å². The number of halogens is 3. The molecule has 1 aromatic rings. The first-order valence-electron chi connectivity index (χ1n) is 5.09. The van der Waals surface area contributed by atoms with Crippen LogP contribution in [0.25, 0.3) is 0 Å². The van der Waals surface area contributed by atoms with Crippen molar-refractivity contribution in [2.45, 2.75) is 29.9 Å². The standard InChI is InChI=1S/C11H14F3NOS/c1-8(7-16)15-6-9-2-4-10(5-3-9)17-11(12,13)14/h2-5,8,15-16H,6-7H2,1H3/t8-/m1/s1. The van der Waals surface area contributed by atoms with E-state index in [-0.39, 0.29) is 29.3 Å². The van der Waals surface area contributed by atoms with Gasteiger partial charge in [-0.2, -0.15) is 13.2 Å². The fourth-order valence-electron chi connectivity index (χ4n) is 1.17. The second-order valence-electron chi connectivity index (χ2n) is 3.66. The molecular weight excluding hydrogens is 251 g/mol. The average Bonchev–Trinajstić information content (AvgIpc) is 2.25. The fourth-order valence-corrected chi connectivity index (χ4v) is 1.71. The Labute approximate surface area is 102 Å². The summed E-state index contributed by atoms with van der Waals surface area (Å²) < 4.78 is 36.2. The minimum Gasteiger partial charge on any atom is -0.395 e. The number of benzene rings is 1. The summed E-state index contributed by atoms with van der Waals surface area (Å²) in [5, 5.41) is 11.8. The molecule has 6 heteroatoms. The molecule has 17 heavy (non-hydrogen) atoms. The van der Waals surface area contributed by atoms with Crippen LogP contribution in [0.5, 0.6) is 0 Å². The van der Waals surface area contributed by atoms with Crippen LogP contribution in [0.3, 0.4) is 0 Å². The van der Waals surface area contributed by atoms with E-state index in [4.69, 9.17) is 5.11 Å². The first-order valence-corrected chi connectivity index (χ1v) is 5.91. The van der Waals surface area contributed by atoms with Crippen LogP contribution in [0.1, 0.15) is 12.5 Å². The summed E-state index contributed by atoms with van der Waals surface area (Å²) >= 11 is -0.122. The number of hydrogen-bond donors (Lipinski definition) is 2. The molecule has 0 aliphatic carbocycles. The van der Waals surface area contributed by atoms with E-state index in [1.165, 1.54) is 12.1 Å². The molecule has 2 nitrogen and oxygen atoms in total. The van der Waals surface area contributed by atoms with Crippen LogP contribution in [-0.4, -0.2) is 23.3 Å². The van der Waals surface area contributed by atoms with Gasteiger partial charge in [0, 0.05) is 17.5 Å². The molecular formula is C11H14F3NOS. The molecule has 0 heterocycles. The zero-order chi connectivity index (χ0) is 12.9. The van der Waals surface area contributed by atoms with E-state index in [1.807, 2.05) is 6.92 Å². The van der Waals surface area contributed by atoms with E-state index >= 15 is 0 Å². The van der Waals surface area contributed by atoms with E-state index < -0.39 is 5.51 Å². The van der Waals surface area contributed by atoms with Crippen molar-refractivity contribution in [2.24, 2.45) is 0 Å². The Kier molecular flexibility index (Phi) is 5.30. The van der Waals surface area contributed by atoms with Gasteiger partial charge in [-0.15, -0.1) is 0 Å². The summed E-state index contributed by atoms with van der Waals surface area (Å²) in [7, 11) is 0. The molecule has 96 valence electrons. The van der Waals surface area contributed by atoms with Crippen molar-refractivity contribution in [2.75, 3.05) is 6.61 Å². The third-order valence-corrected chi connectivity index (χ3v) is 2.82. The normalized spacial score (nSPS) is 13.7. The molecule has 0 fully saturated rings. The van der Waals surface area contributed by atoms with Crippen LogP contribution in [-0.2, 0) is 6.54 Å². The SMILES string of the molecule is C[C@H](CO)NCc1ccc(SC(F)(F)F)cc1. The number of rotatable bonds is 5. The maximum absolute atomic E-state index is 12.1. The van der Waals surface area contributed by atoms with Gasteiger partial charge < -0.3 is 10.4 Å². The second kappa shape index (κ2) is 6.28. The van der Waals surface area contributed by atoms with E-state index in [0.717, 1.165) is 5.56 Å². The summed E-state index contributed by atoms with van der Waals surface area (Å²) in [6.45, 7) is 2.38. The Morgan fingerprint density at radius 1 is 1.29 bits per heavy atom. The van der Waals surface area contributed by atoms with Crippen molar-refractivity contribution in [1.82, 2.24) is 5.32 Å². The first kappa shape index (κ1) is 14.3. The zero-order valence-electron chi connectivity index (χ0n) is 9.29. The number of hydrogen-bond acceptors (Lipinski definition) is 3. The summed E-state index contributed by atoms with van der Waals surface area (Å²) in [6, 6.07) is 6.15. The molecule has 0 saturated carbocycles. The molecule has 1 rings (SSSR count). The minimum atomic E-state index is -4.24. The van der Waals surface area contributed by atoms with Gasteiger partial charge in [0.15, 0.2) is 0 Å². The van der Waals surface area contributed by atoms with Crippen LogP contribution in [0.4, 0.5) is 13.2 Å². The number of aliphatic hydroxyl groups is 1. The Hall–Kier alpha value is -0.720. The third-order valence-electron chi connectivity index (χ3n) is 2.09. The lowest BCUT2D eigenvalue weighted by atomic mass is 10.2. The number of aliphatic hydroxyl groups excluding tert-OH is 1. The largest absolute Gasteiger partial charge is 0.446 e. The van der Waals surface area contributed by atoms with Crippen molar-refractivity contribution < 1.29 is 18.3 Å². The van der Waals surface area contributed by atoms with Crippen molar-refractivity contribution in [3.05, 3.63) is 29.8 Å². The predicted molar refractivity (Wildman–Crippen MR) is 61.7 cm³/mol. The average molecular weight is 265 g/mol. The second-order valence-corrected chi connectivity index (χ2v) is 4.79. The quantitative estimate of drug-likeness (QED) is 0.803. The summed E-state index contributed by atoms with van der Waals surface area (Å²) in [4.78, 5) is 0.177. The van der Waals surface area contributed by atoms with Crippen molar-refractivity contribution in [3.63, 3.8) is 0 Å². The monoisotopic (exact) mass is 265 g/mol. The summed E-state index contributed by atoms with van der Waals surface area (Å²) in [6.07, 6.45) is 0. The van der Waals surface area contributed by atoms with Gasteiger partial charge in [-0.3, -0.25) is 0 Å². The van der Waals surface area contributed by atoms with E-state index in [1.54, 1.807) is 12.1 Å². The molecule has 0 unspecified atom stereocenters. The lowest BCUT2D eigenvalue weighted by Crippen LogP contribution is -2.28. The molecule has 0 radical (unpaired) electrons. The molecule has 0 aliphatic rings. The summed E-state index contributed by atoms with van der Waals surface area (Å²) in [5.74, 6) is 0. The smallest absolute Gasteiger partial charge is 0.395 e. The molecule has 0 amide bonds. The highest BCUT2D eigenvalue weighted by Crippen LogP contribution is 2.36. The minimum absolute atomic E-state index is 0.0285. The molecule has 0 spiro atoms. The van der Waals surface area contributed by atoms with Gasteiger partial charge in [0.05, 0.1) is 6.61 Å². The van der Waals surface area contributed by atoms with Crippen molar-refractivity contribution in [3.8, 4) is 0 Å². The van der Waals surface area contributed by atoms with Crippen LogP contribution in [0, 0.1) is 0 Å². The van der Waals surface area contributed by atoms with Gasteiger partial charge in [0.2, 0.25) is 0 Å². The van der Waals surface area contributed by atoms with Gasteiger partial charge in [-0.25, -0.2) is 0 Å². The lowest BCUT2D eigenvalue weighted by Gasteiger charge is -2.11. The molecule has 0 saturated heterocycles. The fraction of sp³-hybridized carbons (Fsp3) is 0.455. The lowest BCUT2D eigenvalue weighted by molar-refractivity contribution is -0.0328.